The van der Waals surface area contributed by atoms with Crippen LogP contribution in [0.15, 0.2) is 18.2 Å². The monoisotopic (exact) mass is 276 g/mol. The molecule has 2 aliphatic heterocycles. The summed E-state index contributed by atoms with van der Waals surface area (Å²) in [6, 6.07) is 7.53. The van der Waals surface area contributed by atoms with E-state index >= 15 is 0 Å². The molecule has 1 N–H and O–H groups in total. The first kappa shape index (κ1) is 13.7. The van der Waals surface area contributed by atoms with E-state index in [9.17, 15) is 0 Å². The molecule has 0 aliphatic carbocycles. The van der Waals surface area contributed by atoms with Crippen LogP contribution in [0.4, 0.5) is 0 Å². The Morgan fingerprint density at radius 1 is 1.20 bits per heavy atom. The van der Waals surface area contributed by atoms with Crippen molar-refractivity contribution in [3.05, 3.63) is 23.8 Å². The minimum atomic E-state index is 0.589. The minimum absolute atomic E-state index is 0.589. The predicted octanol–water partition coefficient (Wildman–Crippen LogP) is 1.68. The summed E-state index contributed by atoms with van der Waals surface area (Å²) in [4.78, 5) is 2.57. The van der Waals surface area contributed by atoms with Crippen LogP contribution < -0.4 is 14.8 Å². The fraction of sp³-hybridized carbons (Fsp3) is 0.625. The van der Waals surface area contributed by atoms with Crippen LogP contribution in [-0.2, 0) is 6.42 Å². The quantitative estimate of drug-likeness (QED) is 0.911. The maximum Gasteiger partial charge on any atom is 0.161 e. The number of nitrogens with zero attached hydrogens (tertiary/aromatic N) is 1. The van der Waals surface area contributed by atoms with Crippen molar-refractivity contribution in [2.45, 2.75) is 32.4 Å². The third-order valence-corrected chi connectivity index (χ3v) is 4.19. The van der Waals surface area contributed by atoms with E-state index in [0.29, 0.717) is 25.3 Å². The molecule has 1 aromatic rings. The van der Waals surface area contributed by atoms with Gasteiger partial charge in [-0.1, -0.05) is 6.07 Å². The molecule has 2 unspecified atom stereocenters. The lowest BCUT2D eigenvalue weighted by Crippen LogP contribution is -2.54. The lowest BCUT2D eigenvalue weighted by Gasteiger charge is -2.37. The van der Waals surface area contributed by atoms with Crippen molar-refractivity contribution < 1.29 is 9.47 Å². The van der Waals surface area contributed by atoms with Gasteiger partial charge in [0.25, 0.3) is 0 Å². The molecular formula is C16H24N2O2. The van der Waals surface area contributed by atoms with Crippen molar-refractivity contribution in [1.82, 2.24) is 10.2 Å². The van der Waals surface area contributed by atoms with E-state index in [1.807, 2.05) is 6.07 Å². The Hall–Kier alpha value is -1.26. The van der Waals surface area contributed by atoms with E-state index in [0.717, 1.165) is 37.6 Å². The zero-order chi connectivity index (χ0) is 13.9. The van der Waals surface area contributed by atoms with Crippen LogP contribution in [0.3, 0.4) is 0 Å². The second-order valence-corrected chi connectivity index (χ2v) is 5.88. The van der Waals surface area contributed by atoms with Crippen LogP contribution in [0.1, 0.15) is 19.4 Å². The van der Waals surface area contributed by atoms with Gasteiger partial charge < -0.3 is 14.8 Å². The Kier molecular flexibility index (Phi) is 4.13. The normalized spacial score (nSPS) is 26.5. The van der Waals surface area contributed by atoms with Crippen molar-refractivity contribution in [3.8, 4) is 11.5 Å². The first-order valence-electron chi connectivity index (χ1n) is 7.58. The molecule has 0 bridgehead atoms. The molecule has 1 aromatic carbocycles. The Labute approximate surface area is 121 Å². The van der Waals surface area contributed by atoms with Gasteiger partial charge in [-0.25, -0.2) is 0 Å². The van der Waals surface area contributed by atoms with E-state index in [1.165, 1.54) is 5.56 Å². The zero-order valence-electron chi connectivity index (χ0n) is 12.4. The van der Waals surface area contributed by atoms with Crippen LogP contribution in [-0.4, -0.2) is 49.8 Å². The highest BCUT2D eigenvalue weighted by molar-refractivity contribution is 5.43. The smallest absolute Gasteiger partial charge is 0.161 e. The number of fused-ring (bicyclic) bond motifs is 1. The topological polar surface area (TPSA) is 33.7 Å². The largest absolute Gasteiger partial charge is 0.486 e. The lowest BCUT2D eigenvalue weighted by molar-refractivity contribution is 0.148. The summed E-state index contributed by atoms with van der Waals surface area (Å²) >= 11 is 0. The van der Waals surface area contributed by atoms with E-state index in [-0.39, 0.29) is 0 Å². The number of benzene rings is 1. The molecule has 0 saturated carbocycles. The van der Waals surface area contributed by atoms with Crippen LogP contribution in [0, 0.1) is 0 Å². The third kappa shape index (κ3) is 3.07. The van der Waals surface area contributed by atoms with Crippen LogP contribution in [0.2, 0.25) is 0 Å². The minimum Gasteiger partial charge on any atom is -0.486 e. The average Bonchev–Trinajstić information content (AvgIpc) is 2.48. The molecule has 2 atom stereocenters. The highest BCUT2D eigenvalue weighted by Gasteiger charge is 2.22. The molecule has 3 rings (SSSR count). The number of hydrogen-bond acceptors (Lipinski definition) is 4. The molecule has 0 spiro atoms. The number of nitrogens with one attached hydrogen (secondary N) is 1. The van der Waals surface area contributed by atoms with Crippen LogP contribution >= 0.6 is 0 Å². The molecule has 0 amide bonds. The van der Waals surface area contributed by atoms with Crippen molar-refractivity contribution in [2.75, 3.05) is 32.8 Å². The fourth-order valence-electron chi connectivity index (χ4n) is 2.92. The molecule has 20 heavy (non-hydrogen) atoms. The summed E-state index contributed by atoms with van der Waals surface area (Å²) in [7, 11) is 0. The Balaban J connectivity index is 1.60. The van der Waals surface area contributed by atoms with Gasteiger partial charge in [0.05, 0.1) is 0 Å². The average molecular weight is 276 g/mol. The van der Waals surface area contributed by atoms with Gasteiger partial charge in [-0.15, -0.1) is 0 Å². The highest BCUT2D eigenvalue weighted by Crippen LogP contribution is 2.30. The molecule has 1 saturated heterocycles. The van der Waals surface area contributed by atoms with Gasteiger partial charge in [0.15, 0.2) is 11.5 Å². The molecule has 4 heteroatoms. The summed E-state index contributed by atoms with van der Waals surface area (Å²) in [5, 5.41) is 3.52. The van der Waals surface area contributed by atoms with Crippen molar-refractivity contribution in [2.24, 2.45) is 0 Å². The van der Waals surface area contributed by atoms with Crippen molar-refractivity contribution >= 4 is 0 Å². The maximum atomic E-state index is 5.65. The van der Waals surface area contributed by atoms with E-state index in [1.54, 1.807) is 0 Å². The summed E-state index contributed by atoms with van der Waals surface area (Å²) in [6.07, 6.45) is 1.06. The predicted molar refractivity (Wildman–Crippen MR) is 79.6 cm³/mol. The van der Waals surface area contributed by atoms with E-state index in [4.69, 9.17) is 9.47 Å². The lowest BCUT2D eigenvalue weighted by atomic mass is 10.1. The molecule has 2 heterocycles. The molecule has 110 valence electrons. The highest BCUT2D eigenvalue weighted by atomic mass is 16.6. The Morgan fingerprint density at radius 3 is 2.85 bits per heavy atom. The first-order valence-corrected chi connectivity index (χ1v) is 7.58. The van der Waals surface area contributed by atoms with Gasteiger partial charge in [-0.2, -0.15) is 0 Å². The summed E-state index contributed by atoms with van der Waals surface area (Å²) < 4.78 is 11.2. The van der Waals surface area contributed by atoms with Crippen molar-refractivity contribution in [3.63, 3.8) is 0 Å². The summed E-state index contributed by atoms with van der Waals surface area (Å²) in [5.41, 5.74) is 1.33. The van der Waals surface area contributed by atoms with Crippen LogP contribution in [0.5, 0.6) is 11.5 Å². The zero-order valence-corrected chi connectivity index (χ0v) is 12.4. The first-order chi connectivity index (χ1) is 9.72. The molecule has 0 aromatic heterocycles. The van der Waals surface area contributed by atoms with Gasteiger partial charge in [0.1, 0.15) is 13.2 Å². The third-order valence-electron chi connectivity index (χ3n) is 4.19. The summed E-state index contributed by atoms with van der Waals surface area (Å²) in [6.45, 7) is 9.18. The van der Waals surface area contributed by atoms with E-state index in [2.05, 4.69) is 36.2 Å². The number of rotatable bonds is 3. The molecule has 4 nitrogen and oxygen atoms in total. The number of hydrogen-bond donors (Lipinski definition) is 1. The SMILES string of the molecule is CC1CN(CCc2ccc3c(c2)OCCO3)C(C)CN1. The van der Waals surface area contributed by atoms with Gasteiger partial charge in [-0.05, 0) is 38.0 Å². The van der Waals surface area contributed by atoms with E-state index < -0.39 is 0 Å². The fourth-order valence-corrected chi connectivity index (χ4v) is 2.92. The Morgan fingerprint density at radius 2 is 2.00 bits per heavy atom. The van der Waals surface area contributed by atoms with Gasteiger partial charge in [-0.3, -0.25) is 4.90 Å². The second kappa shape index (κ2) is 6.02. The van der Waals surface area contributed by atoms with Gasteiger partial charge in [0, 0.05) is 31.7 Å². The van der Waals surface area contributed by atoms with Gasteiger partial charge in [0.2, 0.25) is 0 Å². The van der Waals surface area contributed by atoms with Crippen molar-refractivity contribution in [1.29, 1.82) is 0 Å². The number of ether oxygens (including phenoxy) is 2. The van der Waals surface area contributed by atoms with Crippen LogP contribution in [0.25, 0.3) is 0 Å². The molecular weight excluding hydrogens is 252 g/mol. The summed E-state index contributed by atoms with van der Waals surface area (Å²) in [5.74, 6) is 1.78. The molecule has 2 aliphatic rings. The molecule has 1 fully saturated rings. The standard InChI is InChI=1S/C16H24N2O2/c1-12-11-18(13(2)10-17-12)6-5-14-3-4-15-16(9-14)20-8-7-19-15/h3-4,9,12-13,17H,5-8,10-11H2,1-2H3. The molecule has 0 radical (unpaired) electrons. The second-order valence-electron chi connectivity index (χ2n) is 5.88. The van der Waals surface area contributed by atoms with Gasteiger partial charge >= 0.3 is 0 Å². The Bertz CT molecular complexity index is 464. The maximum absolute atomic E-state index is 5.65. The number of piperazine rings is 1.